The number of alkyl halides is 1. The number of methoxy groups -OCH3 is 3. The monoisotopic (exact) mass is 274 g/mol. The fourth-order valence-corrected chi connectivity index (χ4v) is 1.98. The molecule has 0 bridgehead atoms. The second kappa shape index (κ2) is 5.98. The highest BCUT2D eigenvalue weighted by atomic mass is 79.9. The van der Waals surface area contributed by atoms with Crippen LogP contribution in [0, 0.1) is 0 Å². The highest BCUT2D eigenvalue weighted by molar-refractivity contribution is 9.09. The van der Waals surface area contributed by atoms with Gasteiger partial charge in [-0.1, -0.05) is 22.0 Å². The molecule has 0 heterocycles. The Hall–Kier alpha value is -0.740. The van der Waals surface area contributed by atoms with Gasteiger partial charge in [0.15, 0.2) is 11.5 Å². The van der Waals surface area contributed by atoms with Gasteiger partial charge in [-0.2, -0.15) is 0 Å². The molecule has 1 unspecified atom stereocenters. The molecule has 0 spiro atoms. The van der Waals surface area contributed by atoms with Crippen molar-refractivity contribution in [3.63, 3.8) is 0 Å². The lowest BCUT2D eigenvalue weighted by Gasteiger charge is -2.15. The first kappa shape index (κ1) is 12.3. The van der Waals surface area contributed by atoms with Crippen molar-refractivity contribution in [1.82, 2.24) is 0 Å². The molecule has 0 aromatic heterocycles. The van der Waals surface area contributed by atoms with Crippen LogP contribution in [0.15, 0.2) is 18.2 Å². The van der Waals surface area contributed by atoms with E-state index in [4.69, 9.17) is 14.2 Å². The number of rotatable bonds is 5. The molecular formula is C11H15BrO3. The van der Waals surface area contributed by atoms with Gasteiger partial charge >= 0.3 is 0 Å². The van der Waals surface area contributed by atoms with E-state index in [0.29, 0.717) is 0 Å². The summed E-state index contributed by atoms with van der Waals surface area (Å²) in [6.45, 7) is 0. The minimum absolute atomic E-state index is 0.0322. The number of hydrogen-bond donors (Lipinski definition) is 0. The average Bonchev–Trinajstić information content (AvgIpc) is 2.30. The third-order valence-corrected chi connectivity index (χ3v) is 2.79. The summed E-state index contributed by atoms with van der Waals surface area (Å²) in [6.07, 6.45) is 0.0322. The number of ether oxygens (including phenoxy) is 3. The van der Waals surface area contributed by atoms with E-state index >= 15 is 0 Å². The molecule has 1 rings (SSSR count). The molecule has 0 N–H and O–H groups in total. The van der Waals surface area contributed by atoms with Crippen LogP contribution in [0.3, 0.4) is 0 Å². The van der Waals surface area contributed by atoms with Gasteiger partial charge in [0.1, 0.15) is 0 Å². The summed E-state index contributed by atoms with van der Waals surface area (Å²) in [7, 11) is 4.93. The fourth-order valence-electron chi connectivity index (χ4n) is 1.34. The van der Waals surface area contributed by atoms with E-state index in [1.165, 1.54) is 0 Å². The summed E-state index contributed by atoms with van der Waals surface area (Å²) in [5.74, 6) is 1.45. The zero-order chi connectivity index (χ0) is 11.3. The topological polar surface area (TPSA) is 27.7 Å². The first-order valence-corrected chi connectivity index (χ1v) is 5.69. The molecule has 0 aliphatic rings. The normalized spacial score (nSPS) is 12.3. The largest absolute Gasteiger partial charge is 0.493 e. The van der Waals surface area contributed by atoms with Gasteiger partial charge in [0.2, 0.25) is 0 Å². The summed E-state index contributed by atoms with van der Waals surface area (Å²) < 4.78 is 15.7. The van der Waals surface area contributed by atoms with Gasteiger partial charge in [-0.3, -0.25) is 0 Å². The Morgan fingerprint density at radius 2 is 1.80 bits per heavy atom. The Kier molecular flexibility index (Phi) is 4.91. The molecule has 0 saturated heterocycles. The number of hydrogen-bond acceptors (Lipinski definition) is 3. The predicted molar refractivity (Wildman–Crippen MR) is 63.1 cm³/mol. The van der Waals surface area contributed by atoms with Crippen molar-refractivity contribution < 1.29 is 14.2 Å². The maximum absolute atomic E-state index is 5.32. The molecule has 0 amide bonds. The summed E-state index contributed by atoms with van der Waals surface area (Å²) in [5.41, 5.74) is 1.06. The molecule has 0 aliphatic heterocycles. The Morgan fingerprint density at radius 3 is 2.27 bits per heavy atom. The molecule has 0 aliphatic carbocycles. The van der Waals surface area contributed by atoms with Crippen molar-refractivity contribution in [1.29, 1.82) is 0 Å². The van der Waals surface area contributed by atoms with E-state index in [2.05, 4.69) is 15.9 Å². The van der Waals surface area contributed by atoms with E-state index in [1.807, 2.05) is 18.2 Å². The Morgan fingerprint density at radius 1 is 1.13 bits per heavy atom. The van der Waals surface area contributed by atoms with Crippen molar-refractivity contribution in [3.8, 4) is 11.5 Å². The summed E-state index contributed by atoms with van der Waals surface area (Å²) in [5, 5.41) is 0.749. The van der Waals surface area contributed by atoms with Gasteiger partial charge in [-0.25, -0.2) is 0 Å². The molecule has 4 heteroatoms. The SMILES string of the molecule is COc1ccc(C(CBr)OC)cc1OC. The molecule has 1 aromatic carbocycles. The minimum atomic E-state index is 0.0322. The summed E-state index contributed by atoms with van der Waals surface area (Å²) >= 11 is 3.40. The van der Waals surface area contributed by atoms with Gasteiger partial charge < -0.3 is 14.2 Å². The van der Waals surface area contributed by atoms with Crippen molar-refractivity contribution in [3.05, 3.63) is 23.8 Å². The zero-order valence-corrected chi connectivity index (χ0v) is 10.7. The zero-order valence-electron chi connectivity index (χ0n) is 9.12. The van der Waals surface area contributed by atoms with Crippen LogP contribution in [-0.4, -0.2) is 26.7 Å². The Balaban J connectivity index is 3.01. The van der Waals surface area contributed by atoms with Crippen LogP contribution in [0.25, 0.3) is 0 Å². The van der Waals surface area contributed by atoms with E-state index in [9.17, 15) is 0 Å². The van der Waals surface area contributed by atoms with Gasteiger partial charge in [0.25, 0.3) is 0 Å². The molecule has 0 saturated carbocycles. The second-order valence-electron chi connectivity index (χ2n) is 2.99. The molecule has 0 radical (unpaired) electrons. The van der Waals surface area contributed by atoms with Crippen LogP contribution in [0.4, 0.5) is 0 Å². The first-order valence-electron chi connectivity index (χ1n) is 4.57. The Labute approximate surface area is 98.5 Å². The van der Waals surface area contributed by atoms with E-state index in [0.717, 1.165) is 22.4 Å². The standard InChI is InChI=1S/C11H15BrO3/c1-13-9-5-4-8(6-10(9)14-2)11(7-12)15-3/h4-6,11H,7H2,1-3H3. The van der Waals surface area contributed by atoms with Crippen molar-refractivity contribution >= 4 is 15.9 Å². The molecule has 3 nitrogen and oxygen atoms in total. The lowest BCUT2D eigenvalue weighted by Crippen LogP contribution is -2.03. The van der Waals surface area contributed by atoms with Crippen LogP contribution in [0.5, 0.6) is 11.5 Å². The van der Waals surface area contributed by atoms with E-state index in [-0.39, 0.29) is 6.10 Å². The molecule has 1 aromatic rings. The molecular weight excluding hydrogens is 260 g/mol. The third kappa shape index (κ3) is 2.86. The van der Waals surface area contributed by atoms with E-state index < -0.39 is 0 Å². The molecule has 84 valence electrons. The molecule has 0 fully saturated rings. The minimum Gasteiger partial charge on any atom is -0.493 e. The van der Waals surface area contributed by atoms with Gasteiger partial charge in [-0.15, -0.1) is 0 Å². The van der Waals surface area contributed by atoms with E-state index in [1.54, 1.807) is 21.3 Å². The quantitative estimate of drug-likeness (QED) is 0.773. The Bertz CT molecular complexity index is 311. The smallest absolute Gasteiger partial charge is 0.161 e. The van der Waals surface area contributed by atoms with Crippen molar-refractivity contribution in [2.45, 2.75) is 6.10 Å². The number of halogens is 1. The summed E-state index contributed by atoms with van der Waals surface area (Å²) in [4.78, 5) is 0. The molecule has 15 heavy (non-hydrogen) atoms. The van der Waals surface area contributed by atoms with Crippen LogP contribution in [0.1, 0.15) is 11.7 Å². The lowest BCUT2D eigenvalue weighted by molar-refractivity contribution is 0.124. The highest BCUT2D eigenvalue weighted by Crippen LogP contribution is 2.31. The number of benzene rings is 1. The fraction of sp³-hybridized carbons (Fsp3) is 0.455. The maximum atomic E-state index is 5.32. The van der Waals surface area contributed by atoms with Crippen LogP contribution in [-0.2, 0) is 4.74 Å². The average molecular weight is 275 g/mol. The third-order valence-electron chi connectivity index (χ3n) is 2.20. The lowest BCUT2D eigenvalue weighted by atomic mass is 10.1. The predicted octanol–water partition coefficient (Wildman–Crippen LogP) is 2.79. The summed E-state index contributed by atoms with van der Waals surface area (Å²) in [6, 6.07) is 5.77. The van der Waals surface area contributed by atoms with Crippen LogP contribution >= 0.6 is 15.9 Å². The highest BCUT2D eigenvalue weighted by Gasteiger charge is 2.12. The van der Waals surface area contributed by atoms with Crippen molar-refractivity contribution in [2.75, 3.05) is 26.7 Å². The second-order valence-corrected chi connectivity index (χ2v) is 3.64. The van der Waals surface area contributed by atoms with Crippen molar-refractivity contribution in [2.24, 2.45) is 0 Å². The van der Waals surface area contributed by atoms with Gasteiger partial charge in [0, 0.05) is 12.4 Å². The van der Waals surface area contributed by atoms with Gasteiger partial charge in [-0.05, 0) is 17.7 Å². The molecule has 1 atom stereocenters. The van der Waals surface area contributed by atoms with Crippen LogP contribution in [0.2, 0.25) is 0 Å². The maximum Gasteiger partial charge on any atom is 0.161 e. The first-order chi connectivity index (χ1) is 7.26. The van der Waals surface area contributed by atoms with Crippen LogP contribution < -0.4 is 9.47 Å². The van der Waals surface area contributed by atoms with Gasteiger partial charge in [0.05, 0.1) is 20.3 Å².